The number of nitrogens with zero attached hydrogens (tertiary/aromatic N) is 4. The van der Waals surface area contributed by atoms with Crippen LogP contribution in [-0.2, 0) is 0 Å². The molecular formula is C17H16N4. The molecule has 2 heterocycles. The fourth-order valence-corrected chi connectivity index (χ4v) is 3.10. The Hall–Kier alpha value is -2.62. The van der Waals surface area contributed by atoms with E-state index in [9.17, 15) is 0 Å². The fourth-order valence-electron chi connectivity index (χ4n) is 3.10. The zero-order valence-electron chi connectivity index (χ0n) is 12.1. The molecule has 1 aromatic heterocycles. The van der Waals surface area contributed by atoms with Crippen LogP contribution in [0.15, 0.2) is 54.9 Å². The largest absolute Gasteiger partial charge is 0.332 e. The molecule has 0 saturated heterocycles. The summed E-state index contributed by atoms with van der Waals surface area (Å²) < 4.78 is 2.06. The Labute approximate surface area is 123 Å². The van der Waals surface area contributed by atoms with E-state index in [0.717, 1.165) is 5.95 Å². The van der Waals surface area contributed by atoms with Crippen molar-refractivity contribution >= 4 is 5.95 Å². The Bertz CT molecular complexity index is 792. The second kappa shape index (κ2) is 4.45. The summed E-state index contributed by atoms with van der Waals surface area (Å²) in [5.74, 6) is 0.877. The van der Waals surface area contributed by atoms with E-state index in [1.807, 2.05) is 6.07 Å². The highest BCUT2D eigenvalue weighted by Gasteiger charge is 2.31. The van der Waals surface area contributed by atoms with Crippen molar-refractivity contribution in [3.63, 3.8) is 0 Å². The van der Waals surface area contributed by atoms with Crippen LogP contribution in [0.5, 0.6) is 0 Å². The van der Waals surface area contributed by atoms with E-state index < -0.39 is 0 Å². The van der Waals surface area contributed by atoms with Crippen LogP contribution in [0.2, 0.25) is 0 Å². The van der Waals surface area contributed by atoms with Gasteiger partial charge in [-0.3, -0.25) is 4.57 Å². The van der Waals surface area contributed by atoms with Crippen LogP contribution >= 0.6 is 0 Å². The van der Waals surface area contributed by atoms with Crippen LogP contribution in [0.4, 0.5) is 5.95 Å². The standard InChI is InChI=1S/C17H16N4/c1-12-8-9-14-15(10-12)21-11-18-19-17(21)20(2)16(14)13-6-4-3-5-7-13/h3-11,16H,1-2H3. The molecule has 21 heavy (non-hydrogen) atoms. The van der Waals surface area contributed by atoms with E-state index in [1.54, 1.807) is 6.33 Å². The molecule has 0 radical (unpaired) electrons. The summed E-state index contributed by atoms with van der Waals surface area (Å²) in [6.45, 7) is 2.11. The Morgan fingerprint density at radius 1 is 1.05 bits per heavy atom. The van der Waals surface area contributed by atoms with Crippen LogP contribution in [0, 0.1) is 6.92 Å². The van der Waals surface area contributed by atoms with Gasteiger partial charge in [-0.2, -0.15) is 0 Å². The number of fused-ring (bicyclic) bond motifs is 3. The Balaban J connectivity index is 1.99. The lowest BCUT2D eigenvalue weighted by Gasteiger charge is -2.35. The highest BCUT2D eigenvalue weighted by atomic mass is 15.4. The van der Waals surface area contributed by atoms with Gasteiger partial charge in [0, 0.05) is 12.6 Å². The van der Waals surface area contributed by atoms with E-state index in [1.165, 1.54) is 22.4 Å². The molecule has 0 amide bonds. The first-order valence-electron chi connectivity index (χ1n) is 7.04. The average Bonchev–Trinajstić information content (AvgIpc) is 2.99. The van der Waals surface area contributed by atoms with E-state index >= 15 is 0 Å². The predicted molar refractivity (Wildman–Crippen MR) is 82.8 cm³/mol. The van der Waals surface area contributed by atoms with Crippen molar-refractivity contribution in [3.8, 4) is 5.69 Å². The van der Waals surface area contributed by atoms with Crippen molar-refractivity contribution in [2.45, 2.75) is 13.0 Å². The van der Waals surface area contributed by atoms with Crippen LogP contribution in [-0.4, -0.2) is 21.8 Å². The van der Waals surface area contributed by atoms with Crippen LogP contribution < -0.4 is 4.90 Å². The summed E-state index contributed by atoms with van der Waals surface area (Å²) in [6.07, 6.45) is 1.78. The molecule has 4 heteroatoms. The molecule has 1 unspecified atom stereocenters. The van der Waals surface area contributed by atoms with Crippen LogP contribution in [0.25, 0.3) is 5.69 Å². The summed E-state index contributed by atoms with van der Waals surface area (Å²) in [5.41, 5.74) is 4.95. The smallest absolute Gasteiger partial charge is 0.232 e. The van der Waals surface area contributed by atoms with Crippen molar-refractivity contribution in [1.29, 1.82) is 0 Å². The van der Waals surface area contributed by atoms with Gasteiger partial charge in [0.25, 0.3) is 0 Å². The van der Waals surface area contributed by atoms with Gasteiger partial charge in [-0.25, -0.2) is 0 Å². The first-order chi connectivity index (χ1) is 10.3. The highest BCUT2D eigenvalue weighted by Crippen LogP contribution is 2.39. The normalized spacial score (nSPS) is 16.5. The van der Waals surface area contributed by atoms with Gasteiger partial charge in [-0.1, -0.05) is 42.5 Å². The number of rotatable bonds is 1. The second-order valence-electron chi connectivity index (χ2n) is 5.49. The van der Waals surface area contributed by atoms with Crippen molar-refractivity contribution in [2.75, 3.05) is 11.9 Å². The molecule has 1 atom stereocenters. The maximum absolute atomic E-state index is 4.28. The number of aromatic nitrogens is 3. The third-order valence-electron chi connectivity index (χ3n) is 4.09. The molecule has 0 spiro atoms. The van der Waals surface area contributed by atoms with Gasteiger partial charge in [0.2, 0.25) is 5.95 Å². The molecule has 4 rings (SSSR count). The molecule has 0 bridgehead atoms. The zero-order chi connectivity index (χ0) is 14.4. The number of aryl methyl sites for hydroxylation is 1. The number of hydrogen-bond donors (Lipinski definition) is 0. The van der Waals surface area contributed by atoms with Crippen LogP contribution in [0.3, 0.4) is 0 Å². The molecule has 3 aromatic rings. The highest BCUT2D eigenvalue weighted by molar-refractivity contribution is 5.60. The lowest BCUT2D eigenvalue weighted by Crippen LogP contribution is -2.32. The summed E-state index contributed by atoms with van der Waals surface area (Å²) in [4.78, 5) is 2.18. The fraction of sp³-hybridized carbons (Fsp3) is 0.176. The van der Waals surface area contributed by atoms with Crippen LogP contribution in [0.1, 0.15) is 22.7 Å². The molecule has 1 aliphatic heterocycles. The Morgan fingerprint density at radius 3 is 2.67 bits per heavy atom. The Morgan fingerprint density at radius 2 is 1.86 bits per heavy atom. The van der Waals surface area contributed by atoms with Gasteiger partial charge in [0.1, 0.15) is 6.33 Å². The molecule has 2 aromatic carbocycles. The van der Waals surface area contributed by atoms with E-state index in [4.69, 9.17) is 0 Å². The van der Waals surface area contributed by atoms with Crippen molar-refractivity contribution in [3.05, 3.63) is 71.5 Å². The lowest BCUT2D eigenvalue weighted by atomic mass is 9.93. The predicted octanol–water partition coefficient (Wildman–Crippen LogP) is 3.11. The third kappa shape index (κ3) is 1.76. The minimum atomic E-state index is 0.165. The van der Waals surface area contributed by atoms with Crippen molar-refractivity contribution < 1.29 is 0 Å². The number of hydrogen-bond acceptors (Lipinski definition) is 3. The molecule has 1 aliphatic rings. The number of benzene rings is 2. The minimum absolute atomic E-state index is 0.165. The van der Waals surface area contributed by atoms with Gasteiger partial charge in [-0.05, 0) is 24.1 Å². The molecular weight excluding hydrogens is 260 g/mol. The first-order valence-corrected chi connectivity index (χ1v) is 7.04. The topological polar surface area (TPSA) is 34.0 Å². The Kier molecular flexibility index (Phi) is 2.57. The van der Waals surface area contributed by atoms with Gasteiger partial charge in [-0.15, -0.1) is 10.2 Å². The molecule has 0 N–H and O–H groups in total. The van der Waals surface area contributed by atoms with Gasteiger partial charge < -0.3 is 4.90 Å². The SMILES string of the molecule is Cc1ccc2c(c1)-n1cnnc1N(C)C2c1ccccc1. The van der Waals surface area contributed by atoms with Gasteiger partial charge in [0.05, 0.1) is 11.7 Å². The molecule has 4 nitrogen and oxygen atoms in total. The third-order valence-corrected chi connectivity index (χ3v) is 4.09. The summed E-state index contributed by atoms with van der Waals surface area (Å²) >= 11 is 0. The summed E-state index contributed by atoms with van der Waals surface area (Å²) in [6, 6.07) is 17.3. The molecule has 104 valence electrons. The lowest BCUT2D eigenvalue weighted by molar-refractivity contribution is 0.707. The van der Waals surface area contributed by atoms with E-state index in [2.05, 4.69) is 76.1 Å². The first kappa shape index (κ1) is 12.1. The molecule has 0 saturated carbocycles. The van der Waals surface area contributed by atoms with Gasteiger partial charge in [0.15, 0.2) is 0 Å². The zero-order valence-corrected chi connectivity index (χ0v) is 12.1. The minimum Gasteiger partial charge on any atom is -0.332 e. The van der Waals surface area contributed by atoms with Gasteiger partial charge >= 0.3 is 0 Å². The van der Waals surface area contributed by atoms with E-state index in [-0.39, 0.29) is 6.04 Å². The van der Waals surface area contributed by atoms with Crippen molar-refractivity contribution in [1.82, 2.24) is 14.8 Å². The average molecular weight is 276 g/mol. The van der Waals surface area contributed by atoms with Crippen molar-refractivity contribution in [2.24, 2.45) is 0 Å². The summed E-state index contributed by atoms with van der Waals surface area (Å²) in [7, 11) is 2.07. The number of anilines is 1. The maximum atomic E-state index is 4.28. The second-order valence-corrected chi connectivity index (χ2v) is 5.49. The molecule has 0 fully saturated rings. The maximum Gasteiger partial charge on any atom is 0.232 e. The quantitative estimate of drug-likeness (QED) is 0.685. The molecule has 0 aliphatic carbocycles. The van der Waals surface area contributed by atoms with E-state index in [0.29, 0.717) is 0 Å². The summed E-state index contributed by atoms with van der Waals surface area (Å²) in [5, 5.41) is 8.36. The monoisotopic (exact) mass is 276 g/mol.